The van der Waals surface area contributed by atoms with E-state index >= 15 is 0 Å². The van der Waals surface area contributed by atoms with E-state index in [1.807, 2.05) is 7.05 Å². The molecule has 0 radical (unpaired) electrons. The normalized spacial score (nSPS) is 23.4. The summed E-state index contributed by atoms with van der Waals surface area (Å²) in [6.07, 6.45) is 9.00. The minimum atomic E-state index is 0.221. The van der Waals surface area contributed by atoms with Crippen molar-refractivity contribution in [3.63, 3.8) is 0 Å². The van der Waals surface area contributed by atoms with E-state index in [1.165, 1.54) is 5.57 Å². The Morgan fingerprint density at radius 1 is 1.67 bits per heavy atom. The zero-order chi connectivity index (χ0) is 15.2. The van der Waals surface area contributed by atoms with E-state index < -0.39 is 0 Å². The third-order valence-electron chi connectivity index (χ3n) is 4.56. The molecule has 2 rings (SSSR count). The van der Waals surface area contributed by atoms with Gasteiger partial charge < -0.3 is 14.8 Å². The summed E-state index contributed by atoms with van der Waals surface area (Å²) >= 11 is 0. The molecule has 4 nitrogen and oxygen atoms in total. The number of nitrogens with zero attached hydrogens (tertiary/aromatic N) is 1. The van der Waals surface area contributed by atoms with Gasteiger partial charge in [-0.05, 0) is 49.5 Å². The number of allylic oxidation sites excluding steroid dienone is 2. The van der Waals surface area contributed by atoms with Gasteiger partial charge in [0.2, 0.25) is 0 Å². The van der Waals surface area contributed by atoms with Crippen LogP contribution in [0.1, 0.15) is 25.7 Å². The maximum Gasteiger partial charge on any atom is 0.120 e. The Morgan fingerprint density at radius 3 is 3.14 bits per heavy atom. The number of rotatable bonds is 7. The molecule has 0 aromatic carbocycles. The van der Waals surface area contributed by atoms with E-state index in [2.05, 4.69) is 28.9 Å². The molecule has 1 heterocycles. The van der Waals surface area contributed by atoms with Crippen LogP contribution in [0.4, 0.5) is 0 Å². The molecule has 2 unspecified atom stereocenters. The number of likely N-dealkylation sites (N-methyl/N-ethyl adjacent to an activating group) is 1. The molecule has 0 saturated carbocycles. The molecule has 1 saturated heterocycles. The van der Waals surface area contributed by atoms with Crippen molar-refractivity contribution in [2.24, 2.45) is 5.92 Å². The molecule has 4 heteroatoms. The molecule has 2 atom stereocenters. The molecule has 21 heavy (non-hydrogen) atoms. The largest absolute Gasteiger partial charge is 0.497 e. The topological polar surface area (TPSA) is 41.6 Å². The fraction of sp³-hybridized carbons (Fsp3) is 0.588. The first-order valence-electron chi connectivity index (χ1n) is 7.68. The van der Waals surface area contributed by atoms with Gasteiger partial charge in [0, 0.05) is 31.8 Å². The SMILES string of the molecule is C=C(NC)C(CCC=O)N1CCC2CC=C(OC)C=C2C1. The van der Waals surface area contributed by atoms with Crippen LogP contribution in [-0.4, -0.2) is 44.5 Å². The Kier molecular flexibility index (Phi) is 5.62. The van der Waals surface area contributed by atoms with Crippen molar-refractivity contribution >= 4 is 6.29 Å². The van der Waals surface area contributed by atoms with E-state index in [9.17, 15) is 4.79 Å². The molecule has 2 aliphatic rings. The summed E-state index contributed by atoms with van der Waals surface area (Å²) < 4.78 is 5.36. The van der Waals surface area contributed by atoms with Gasteiger partial charge in [-0.1, -0.05) is 6.58 Å². The fourth-order valence-corrected chi connectivity index (χ4v) is 3.26. The maximum atomic E-state index is 10.7. The molecule has 0 bridgehead atoms. The zero-order valence-corrected chi connectivity index (χ0v) is 13.1. The molecule has 0 aromatic rings. The smallest absolute Gasteiger partial charge is 0.120 e. The summed E-state index contributed by atoms with van der Waals surface area (Å²) in [5, 5.41) is 3.16. The van der Waals surface area contributed by atoms with Crippen LogP contribution in [0.3, 0.4) is 0 Å². The van der Waals surface area contributed by atoms with Gasteiger partial charge in [-0.2, -0.15) is 0 Å². The number of carbonyl (C=O) groups excluding carboxylic acids is 1. The molecule has 1 fully saturated rings. The maximum absolute atomic E-state index is 10.7. The Morgan fingerprint density at radius 2 is 2.48 bits per heavy atom. The van der Waals surface area contributed by atoms with Crippen LogP contribution in [-0.2, 0) is 9.53 Å². The van der Waals surface area contributed by atoms with Crippen LogP contribution >= 0.6 is 0 Å². The second kappa shape index (κ2) is 7.46. The highest BCUT2D eigenvalue weighted by Gasteiger charge is 2.30. The highest BCUT2D eigenvalue weighted by molar-refractivity contribution is 5.49. The molecule has 0 aromatic heterocycles. The number of methoxy groups -OCH3 is 1. The fourth-order valence-electron chi connectivity index (χ4n) is 3.26. The predicted octanol–water partition coefficient (Wildman–Crippen LogP) is 2.25. The molecule has 1 N–H and O–H groups in total. The predicted molar refractivity (Wildman–Crippen MR) is 84.8 cm³/mol. The molecule has 0 spiro atoms. The third-order valence-corrected chi connectivity index (χ3v) is 4.56. The van der Waals surface area contributed by atoms with Crippen LogP contribution in [0, 0.1) is 5.92 Å². The number of fused-ring (bicyclic) bond motifs is 1. The number of aldehydes is 1. The van der Waals surface area contributed by atoms with Crippen molar-refractivity contribution in [2.75, 3.05) is 27.2 Å². The summed E-state index contributed by atoms with van der Waals surface area (Å²) in [5.41, 5.74) is 2.44. The van der Waals surface area contributed by atoms with Gasteiger partial charge in [-0.3, -0.25) is 4.90 Å². The molecular formula is C17H26N2O2. The van der Waals surface area contributed by atoms with E-state index in [-0.39, 0.29) is 6.04 Å². The number of ether oxygens (including phenoxy) is 1. The molecule has 1 aliphatic carbocycles. The Bertz CT molecular complexity index is 454. The average Bonchev–Trinajstić information content (AvgIpc) is 2.54. The van der Waals surface area contributed by atoms with Crippen LogP contribution in [0.5, 0.6) is 0 Å². The monoisotopic (exact) mass is 290 g/mol. The lowest BCUT2D eigenvalue weighted by Gasteiger charge is -2.40. The molecule has 1 aliphatic heterocycles. The van der Waals surface area contributed by atoms with E-state index in [1.54, 1.807) is 7.11 Å². The molecular weight excluding hydrogens is 264 g/mol. The number of piperidine rings is 1. The Hall–Kier alpha value is -1.55. The van der Waals surface area contributed by atoms with Gasteiger partial charge in [-0.25, -0.2) is 0 Å². The summed E-state index contributed by atoms with van der Waals surface area (Å²) in [6.45, 7) is 6.11. The number of nitrogens with one attached hydrogen (secondary N) is 1. The highest BCUT2D eigenvalue weighted by atomic mass is 16.5. The summed E-state index contributed by atoms with van der Waals surface area (Å²) in [4.78, 5) is 13.1. The minimum Gasteiger partial charge on any atom is -0.497 e. The first-order chi connectivity index (χ1) is 10.2. The summed E-state index contributed by atoms with van der Waals surface area (Å²) in [7, 11) is 3.62. The number of carbonyl (C=O) groups is 1. The van der Waals surface area contributed by atoms with E-state index in [0.717, 1.165) is 50.1 Å². The number of hydrogen-bond donors (Lipinski definition) is 1. The minimum absolute atomic E-state index is 0.221. The van der Waals surface area contributed by atoms with Crippen LogP contribution in [0.15, 0.2) is 35.8 Å². The summed E-state index contributed by atoms with van der Waals surface area (Å²) in [5.74, 6) is 1.62. The lowest BCUT2D eigenvalue weighted by atomic mass is 9.84. The lowest BCUT2D eigenvalue weighted by molar-refractivity contribution is -0.108. The first-order valence-corrected chi connectivity index (χ1v) is 7.68. The average molecular weight is 290 g/mol. The van der Waals surface area contributed by atoms with Gasteiger partial charge in [-0.15, -0.1) is 0 Å². The number of hydrogen-bond acceptors (Lipinski definition) is 4. The van der Waals surface area contributed by atoms with Crippen molar-refractivity contribution in [3.8, 4) is 0 Å². The Labute approximate surface area is 127 Å². The van der Waals surface area contributed by atoms with Crippen molar-refractivity contribution in [1.82, 2.24) is 10.2 Å². The standard InChI is InChI=1S/C17H26N2O2/c1-13(18-2)17(5-4-10-20)19-9-8-14-6-7-16(21-3)11-15(14)12-19/h7,10-11,14,17-18H,1,4-6,8-9,12H2,2-3H3. The van der Waals surface area contributed by atoms with Gasteiger partial charge >= 0.3 is 0 Å². The van der Waals surface area contributed by atoms with Crippen molar-refractivity contribution in [3.05, 3.63) is 35.8 Å². The van der Waals surface area contributed by atoms with Crippen LogP contribution in [0.2, 0.25) is 0 Å². The quantitative estimate of drug-likeness (QED) is 0.730. The van der Waals surface area contributed by atoms with E-state index in [0.29, 0.717) is 12.3 Å². The number of likely N-dealkylation sites (tertiary alicyclic amines) is 1. The Balaban J connectivity index is 2.09. The lowest BCUT2D eigenvalue weighted by Crippen LogP contribution is -2.45. The third kappa shape index (κ3) is 3.76. The first kappa shape index (κ1) is 15.8. The van der Waals surface area contributed by atoms with Crippen LogP contribution < -0.4 is 5.32 Å². The second-order valence-electron chi connectivity index (χ2n) is 5.76. The molecule has 0 amide bonds. The van der Waals surface area contributed by atoms with E-state index in [4.69, 9.17) is 4.74 Å². The summed E-state index contributed by atoms with van der Waals surface area (Å²) in [6, 6.07) is 0.221. The van der Waals surface area contributed by atoms with Gasteiger partial charge in [0.05, 0.1) is 7.11 Å². The van der Waals surface area contributed by atoms with Crippen molar-refractivity contribution < 1.29 is 9.53 Å². The molecule has 116 valence electrons. The van der Waals surface area contributed by atoms with Gasteiger partial charge in [0.1, 0.15) is 12.0 Å². The van der Waals surface area contributed by atoms with Crippen LogP contribution in [0.25, 0.3) is 0 Å². The second-order valence-corrected chi connectivity index (χ2v) is 5.76. The zero-order valence-electron chi connectivity index (χ0n) is 13.1. The highest BCUT2D eigenvalue weighted by Crippen LogP contribution is 2.33. The van der Waals surface area contributed by atoms with Crippen molar-refractivity contribution in [2.45, 2.75) is 31.7 Å². The van der Waals surface area contributed by atoms with Gasteiger partial charge in [0.25, 0.3) is 0 Å². The van der Waals surface area contributed by atoms with Crippen molar-refractivity contribution in [1.29, 1.82) is 0 Å². The van der Waals surface area contributed by atoms with Gasteiger partial charge in [0.15, 0.2) is 0 Å².